The van der Waals surface area contributed by atoms with Gasteiger partial charge in [-0.3, -0.25) is 0 Å². The van der Waals surface area contributed by atoms with Crippen LogP contribution in [0.4, 0.5) is 13.2 Å². The Hall–Kier alpha value is -2.21. The van der Waals surface area contributed by atoms with Gasteiger partial charge in [-0.25, -0.2) is 13.2 Å². The van der Waals surface area contributed by atoms with Crippen molar-refractivity contribution in [2.45, 2.75) is 6.04 Å². The lowest BCUT2D eigenvalue weighted by molar-refractivity contribution is 0.354. The van der Waals surface area contributed by atoms with Crippen LogP contribution in [0.2, 0.25) is 0 Å². The number of rotatable bonds is 4. The molecule has 0 bridgehead atoms. The van der Waals surface area contributed by atoms with Crippen LogP contribution in [0.15, 0.2) is 30.3 Å². The second-order valence-corrected chi connectivity index (χ2v) is 4.39. The van der Waals surface area contributed by atoms with Crippen LogP contribution in [0.1, 0.15) is 17.2 Å². The fourth-order valence-electron chi connectivity index (χ4n) is 1.99. The maximum Gasteiger partial charge on any atom is 0.194 e. The summed E-state index contributed by atoms with van der Waals surface area (Å²) in [5.41, 5.74) is 6.64. The van der Waals surface area contributed by atoms with E-state index in [0.717, 1.165) is 12.1 Å². The van der Waals surface area contributed by atoms with E-state index in [0.29, 0.717) is 17.1 Å². The highest BCUT2D eigenvalue weighted by molar-refractivity contribution is 5.45. The molecule has 0 spiro atoms. The quantitative estimate of drug-likeness (QED) is 0.882. The van der Waals surface area contributed by atoms with Crippen LogP contribution in [0.25, 0.3) is 0 Å². The van der Waals surface area contributed by atoms with Gasteiger partial charge >= 0.3 is 0 Å². The summed E-state index contributed by atoms with van der Waals surface area (Å²) in [7, 11) is 2.95. The van der Waals surface area contributed by atoms with Gasteiger partial charge < -0.3 is 15.2 Å². The molecule has 0 amide bonds. The summed E-state index contributed by atoms with van der Waals surface area (Å²) in [5.74, 6) is -3.13. The fraction of sp³-hybridized carbons (Fsp3) is 0.200. The minimum Gasteiger partial charge on any atom is -0.493 e. The minimum absolute atomic E-state index is 0.124. The van der Waals surface area contributed by atoms with Gasteiger partial charge in [0.15, 0.2) is 29.0 Å². The highest BCUT2D eigenvalue weighted by Crippen LogP contribution is 2.31. The normalized spacial score (nSPS) is 12.1. The molecule has 1 unspecified atom stereocenters. The number of hydrogen-bond donors (Lipinski definition) is 1. The van der Waals surface area contributed by atoms with E-state index in [2.05, 4.69) is 0 Å². The molecule has 0 saturated carbocycles. The second-order valence-electron chi connectivity index (χ2n) is 4.39. The van der Waals surface area contributed by atoms with Crippen LogP contribution >= 0.6 is 0 Å². The molecule has 0 aromatic heterocycles. The zero-order chi connectivity index (χ0) is 15.6. The Labute approximate surface area is 120 Å². The predicted molar refractivity (Wildman–Crippen MR) is 71.9 cm³/mol. The van der Waals surface area contributed by atoms with Crippen LogP contribution < -0.4 is 15.2 Å². The van der Waals surface area contributed by atoms with Crippen LogP contribution in [-0.4, -0.2) is 14.2 Å². The Morgan fingerprint density at radius 2 is 1.43 bits per heavy atom. The molecule has 2 N–H and O–H groups in total. The number of ether oxygens (including phenoxy) is 2. The molecule has 0 aliphatic heterocycles. The van der Waals surface area contributed by atoms with Gasteiger partial charge in [0, 0.05) is 0 Å². The summed E-state index contributed by atoms with van der Waals surface area (Å²) in [6.07, 6.45) is 0. The summed E-state index contributed by atoms with van der Waals surface area (Å²) in [4.78, 5) is 0. The Morgan fingerprint density at radius 3 is 1.95 bits per heavy atom. The Balaban J connectivity index is 2.42. The lowest BCUT2D eigenvalue weighted by Gasteiger charge is -2.16. The molecule has 2 aromatic rings. The second kappa shape index (κ2) is 6.05. The fourth-order valence-corrected chi connectivity index (χ4v) is 1.99. The zero-order valence-electron chi connectivity index (χ0n) is 11.5. The van der Waals surface area contributed by atoms with Gasteiger partial charge in [0.1, 0.15) is 0 Å². The van der Waals surface area contributed by atoms with E-state index in [9.17, 15) is 13.2 Å². The molecule has 6 heteroatoms. The van der Waals surface area contributed by atoms with Crippen molar-refractivity contribution in [3.63, 3.8) is 0 Å². The van der Waals surface area contributed by atoms with Gasteiger partial charge in [0.25, 0.3) is 0 Å². The van der Waals surface area contributed by atoms with Crippen molar-refractivity contribution >= 4 is 0 Å². The standard InChI is InChI=1S/C15H14F3NO2/c1-20-12-4-3-8(7-13(12)21-2)15(19)9-5-10(16)14(18)11(17)6-9/h3-7,15H,19H2,1-2H3. The SMILES string of the molecule is COc1ccc(C(N)c2cc(F)c(F)c(F)c2)cc1OC. The summed E-state index contributed by atoms with van der Waals surface area (Å²) in [6, 6.07) is 5.80. The highest BCUT2D eigenvalue weighted by atomic mass is 19.2. The van der Waals surface area contributed by atoms with Crippen LogP contribution in [0.5, 0.6) is 11.5 Å². The number of methoxy groups -OCH3 is 2. The van der Waals surface area contributed by atoms with E-state index >= 15 is 0 Å². The Bertz CT molecular complexity index is 638. The van der Waals surface area contributed by atoms with Crippen LogP contribution in [0, 0.1) is 17.5 Å². The molecule has 0 aliphatic rings. The molecular weight excluding hydrogens is 283 g/mol. The Kier molecular flexibility index (Phi) is 4.37. The first-order valence-corrected chi connectivity index (χ1v) is 6.10. The van der Waals surface area contributed by atoms with Gasteiger partial charge in [0.2, 0.25) is 0 Å². The molecule has 2 aromatic carbocycles. The summed E-state index contributed by atoms with van der Waals surface area (Å²) < 4.78 is 49.7. The maximum atomic E-state index is 13.3. The minimum atomic E-state index is -1.52. The van der Waals surface area contributed by atoms with Crippen LogP contribution in [-0.2, 0) is 0 Å². The smallest absolute Gasteiger partial charge is 0.194 e. The molecular formula is C15H14F3NO2. The predicted octanol–water partition coefficient (Wildman–Crippen LogP) is 3.17. The molecule has 21 heavy (non-hydrogen) atoms. The monoisotopic (exact) mass is 297 g/mol. The molecule has 3 nitrogen and oxygen atoms in total. The molecule has 2 rings (SSSR count). The molecule has 0 radical (unpaired) electrons. The van der Waals surface area contributed by atoms with Crippen molar-refractivity contribution in [1.82, 2.24) is 0 Å². The van der Waals surface area contributed by atoms with Gasteiger partial charge in [-0.05, 0) is 35.4 Å². The zero-order valence-corrected chi connectivity index (χ0v) is 11.5. The number of halogens is 3. The molecule has 1 atom stereocenters. The molecule has 0 aliphatic carbocycles. The van der Waals surface area contributed by atoms with Crippen molar-refractivity contribution in [2.24, 2.45) is 5.73 Å². The Morgan fingerprint density at radius 1 is 0.857 bits per heavy atom. The largest absolute Gasteiger partial charge is 0.493 e. The first-order chi connectivity index (χ1) is 9.97. The van der Waals surface area contributed by atoms with E-state index < -0.39 is 23.5 Å². The average molecular weight is 297 g/mol. The topological polar surface area (TPSA) is 44.5 Å². The molecule has 0 saturated heterocycles. The lowest BCUT2D eigenvalue weighted by atomic mass is 9.99. The van der Waals surface area contributed by atoms with Crippen molar-refractivity contribution in [3.05, 3.63) is 58.9 Å². The van der Waals surface area contributed by atoms with Crippen molar-refractivity contribution < 1.29 is 22.6 Å². The van der Waals surface area contributed by atoms with Crippen molar-refractivity contribution in [3.8, 4) is 11.5 Å². The van der Waals surface area contributed by atoms with Gasteiger partial charge in [-0.1, -0.05) is 6.07 Å². The first kappa shape index (κ1) is 15.2. The van der Waals surface area contributed by atoms with E-state index in [1.54, 1.807) is 18.2 Å². The van der Waals surface area contributed by atoms with Crippen LogP contribution in [0.3, 0.4) is 0 Å². The summed E-state index contributed by atoms with van der Waals surface area (Å²) in [5, 5.41) is 0. The van der Waals surface area contributed by atoms with Gasteiger partial charge in [-0.15, -0.1) is 0 Å². The van der Waals surface area contributed by atoms with E-state index in [-0.39, 0.29) is 5.56 Å². The average Bonchev–Trinajstić information content (AvgIpc) is 2.50. The van der Waals surface area contributed by atoms with E-state index in [1.165, 1.54) is 14.2 Å². The van der Waals surface area contributed by atoms with E-state index in [1.807, 2.05) is 0 Å². The third-order valence-electron chi connectivity index (χ3n) is 3.13. The summed E-state index contributed by atoms with van der Waals surface area (Å²) >= 11 is 0. The molecule has 0 fully saturated rings. The highest BCUT2D eigenvalue weighted by Gasteiger charge is 2.17. The molecule has 0 heterocycles. The third-order valence-corrected chi connectivity index (χ3v) is 3.13. The third kappa shape index (κ3) is 2.95. The summed E-state index contributed by atoms with van der Waals surface area (Å²) in [6.45, 7) is 0. The van der Waals surface area contributed by atoms with E-state index in [4.69, 9.17) is 15.2 Å². The van der Waals surface area contributed by atoms with Crippen molar-refractivity contribution in [2.75, 3.05) is 14.2 Å². The number of nitrogens with two attached hydrogens (primary N) is 1. The lowest BCUT2D eigenvalue weighted by Crippen LogP contribution is -2.13. The van der Waals surface area contributed by atoms with Gasteiger partial charge in [-0.2, -0.15) is 0 Å². The van der Waals surface area contributed by atoms with Gasteiger partial charge in [0.05, 0.1) is 20.3 Å². The van der Waals surface area contributed by atoms with Crippen molar-refractivity contribution in [1.29, 1.82) is 0 Å². The number of hydrogen-bond acceptors (Lipinski definition) is 3. The maximum absolute atomic E-state index is 13.3. The number of benzene rings is 2. The molecule has 112 valence electrons. The first-order valence-electron chi connectivity index (χ1n) is 6.10.